The number of benzene rings is 4. The fraction of sp³-hybridized carbons (Fsp3) is 0.571. The Balaban J connectivity index is 0.000000195. The highest BCUT2D eigenvalue weighted by molar-refractivity contribution is 7.91. The number of aryl methyl sites for hydroxylation is 2. The number of anilines is 2. The number of allylic oxidation sites excluding steroid dienone is 2. The van der Waals surface area contributed by atoms with Crippen LogP contribution < -0.4 is 28.7 Å². The van der Waals surface area contributed by atoms with Crippen molar-refractivity contribution in [3.8, 4) is 11.5 Å². The Morgan fingerprint density at radius 3 is 1.29 bits per heavy atom. The predicted octanol–water partition coefficient (Wildman–Crippen LogP) is 13.7. The minimum atomic E-state index is -4.17. The van der Waals surface area contributed by atoms with Gasteiger partial charge < -0.3 is 38.6 Å². The van der Waals surface area contributed by atoms with E-state index in [1.54, 1.807) is 38.1 Å². The molecule has 4 aromatic carbocycles. The number of amides is 2. The van der Waals surface area contributed by atoms with Gasteiger partial charge in [-0.05, 0) is 224 Å². The second-order valence-electron chi connectivity index (χ2n) is 29.5. The third-order valence-electron chi connectivity index (χ3n) is 22.6. The maximum atomic E-state index is 16.2. The van der Waals surface area contributed by atoms with Gasteiger partial charge in [-0.2, -0.15) is 17.6 Å². The van der Waals surface area contributed by atoms with Crippen LogP contribution in [0.2, 0.25) is 10.0 Å². The van der Waals surface area contributed by atoms with Gasteiger partial charge in [0.05, 0.1) is 35.1 Å². The summed E-state index contributed by atoms with van der Waals surface area (Å²) in [4.78, 5) is 31.0. The maximum absolute atomic E-state index is 16.2. The molecule has 16 nitrogen and oxygen atoms in total. The van der Waals surface area contributed by atoms with E-state index in [-0.39, 0.29) is 37.1 Å². The summed E-state index contributed by atoms with van der Waals surface area (Å²) in [7, 11) is -16.7. The molecule has 2 fully saturated rings. The van der Waals surface area contributed by atoms with Crippen molar-refractivity contribution in [2.24, 2.45) is 35.5 Å². The molecule has 4 heterocycles. The van der Waals surface area contributed by atoms with Crippen LogP contribution in [0.15, 0.2) is 97.1 Å². The SMILES string of the molecule is C[C@@H]1[C@@H](C)C/C=C/[C@@](O)(C(F)(F)P(C)(C)=O)[C@@H]2CC[C@H]2CN2C[C@@]3(CCCc4cc(Cl)ccc43)COc3ccc(cc32)C(=O)NS1(=O)=O.C[C@@H]1[C@@H](C)C/C=C/[C@](O)(C(F)(F)P(C)(C)=O)[C@@H]2CC[C@H]2CN2C[C@@]3(CCCc4cc(Cl)ccc43)COc3ccc(cc32)C(=O)NS1(=O)=O. The highest BCUT2D eigenvalue weighted by Gasteiger charge is 2.67. The van der Waals surface area contributed by atoms with E-state index < -0.39 is 126 Å². The topological polar surface area (TPSA) is 226 Å². The van der Waals surface area contributed by atoms with Gasteiger partial charge in [-0.1, -0.05) is 73.5 Å². The van der Waals surface area contributed by atoms with Gasteiger partial charge in [0, 0.05) is 70.0 Å². The van der Waals surface area contributed by atoms with Gasteiger partial charge in [0.1, 0.15) is 11.5 Å². The van der Waals surface area contributed by atoms with Crippen molar-refractivity contribution in [2.45, 2.75) is 149 Å². The van der Waals surface area contributed by atoms with Gasteiger partial charge in [-0.3, -0.25) is 9.59 Å². The number of carbonyl (C=O) groups is 2. The van der Waals surface area contributed by atoms with E-state index in [2.05, 4.69) is 9.44 Å². The van der Waals surface area contributed by atoms with Gasteiger partial charge in [-0.15, -0.1) is 0 Å². The van der Waals surface area contributed by atoms with Gasteiger partial charge in [0.2, 0.25) is 20.0 Å². The highest BCUT2D eigenvalue weighted by atomic mass is 35.5. The lowest BCUT2D eigenvalue weighted by Crippen LogP contribution is -2.59. The van der Waals surface area contributed by atoms with Gasteiger partial charge in [-0.25, -0.2) is 26.3 Å². The van der Waals surface area contributed by atoms with Crippen LogP contribution in [0.4, 0.5) is 28.9 Å². The number of fused-ring (bicyclic) bond motifs is 8. The molecule has 0 unspecified atom stereocenters. The summed E-state index contributed by atoms with van der Waals surface area (Å²) >= 11 is 12.8. The number of carbonyl (C=O) groups excluding carboxylic acids is 2. The lowest BCUT2D eigenvalue weighted by atomic mass is 9.64. The Kier molecular flexibility index (Phi) is 19.8. The third kappa shape index (κ3) is 13.2. The molecule has 2 spiro atoms. The fourth-order valence-corrected chi connectivity index (χ4v) is 21.2. The summed E-state index contributed by atoms with van der Waals surface area (Å²) in [5.74, 6) is -4.41. The van der Waals surface area contributed by atoms with Gasteiger partial charge >= 0.3 is 11.3 Å². The van der Waals surface area contributed by atoms with Crippen LogP contribution in [0.5, 0.6) is 11.5 Å². The normalized spacial score (nSPS) is 32.9. The molecule has 4 bridgehead atoms. The number of nitrogens with one attached hydrogen (secondary N) is 2. The molecule has 4 aliphatic heterocycles. The second-order valence-corrected chi connectivity index (χ2v) is 41.0. The summed E-state index contributed by atoms with van der Waals surface area (Å²) in [5.41, 5.74) is -8.53. The average Bonchev–Trinajstić information content (AvgIpc) is 0.838. The smallest absolute Gasteiger partial charge is 0.329 e. The molecule has 12 rings (SSSR count). The van der Waals surface area contributed by atoms with E-state index in [0.717, 1.165) is 99.6 Å². The Labute approximate surface area is 571 Å². The number of hydrogen-bond acceptors (Lipinski definition) is 14. The second kappa shape index (κ2) is 26.2. The lowest BCUT2D eigenvalue weighted by molar-refractivity contribution is -0.161. The number of halogens is 6. The molecule has 4 aliphatic carbocycles. The van der Waals surface area contributed by atoms with Crippen molar-refractivity contribution in [1.82, 2.24) is 9.44 Å². The molecule has 524 valence electrons. The zero-order valence-electron chi connectivity index (χ0n) is 55.4. The first-order chi connectivity index (χ1) is 44.8. The summed E-state index contributed by atoms with van der Waals surface area (Å²) in [6.07, 6.45) is 11.7. The maximum Gasteiger partial charge on any atom is 0.329 e. The van der Waals surface area contributed by atoms with E-state index in [1.165, 1.54) is 38.1 Å². The molecular weight excluding hydrogens is 1360 g/mol. The van der Waals surface area contributed by atoms with Crippen LogP contribution in [0, 0.1) is 35.5 Å². The number of sulfonamides is 2. The lowest BCUT2D eigenvalue weighted by Gasteiger charge is -2.51. The van der Waals surface area contributed by atoms with E-state index >= 15 is 17.6 Å². The van der Waals surface area contributed by atoms with E-state index in [0.29, 0.717) is 84.9 Å². The van der Waals surface area contributed by atoms with Crippen LogP contribution in [0.25, 0.3) is 0 Å². The van der Waals surface area contributed by atoms with Gasteiger partial charge in [0.15, 0.2) is 25.5 Å². The van der Waals surface area contributed by atoms with E-state index in [1.807, 2.05) is 46.2 Å². The number of ether oxygens (including phenoxy) is 2. The molecule has 4 N–H and O–H groups in total. The molecule has 0 radical (unpaired) electrons. The molecule has 4 aromatic rings. The molecule has 2 amide bonds. The Morgan fingerprint density at radius 1 is 0.573 bits per heavy atom. The molecule has 26 heteroatoms. The molecule has 8 aliphatic rings. The summed E-state index contributed by atoms with van der Waals surface area (Å²) < 4.78 is 162. The molecule has 0 aromatic heterocycles. The number of alkyl halides is 4. The van der Waals surface area contributed by atoms with Crippen molar-refractivity contribution in [1.29, 1.82) is 0 Å². The summed E-state index contributed by atoms with van der Waals surface area (Å²) in [6.45, 7) is 12.2. The molecule has 2 saturated carbocycles. The van der Waals surface area contributed by atoms with Crippen LogP contribution >= 0.6 is 37.5 Å². The van der Waals surface area contributed by atoms with Crippen LogP contribution in [0.1, 0.15) is 135 Å². The number of nitrogens with zero attached hydrogens (tertiary/aromatic N) is 2. The largest absolute Gasteiger partial charge is 0.490 e. The fourth-order valence-electron chi connectivity index (χ4n) is 16.0. The Morgan fingerprint density at radius 2 is 0.948 bits per heavy atom. The molecule has 96 heavy (non-hydrogen) atoms. The van der Waals surface area contributed by atoms with Gasteiger partial charge in [0.25, 0.3) is 11.8 Å². The summed E-state index contributed by atoms with van der Waals surface area (Å²) in [6, 6.07) is 21.3. The Bertz CT molecular complexity index is 3860. The van der Waals surface area contributed by atoms with Crippen molar-refractivity contribution in [3.63, 3.8) is 0 Å². The zero-order chi connectivity index (χ0) is 69.7. The average molecular weight is 1450 g/mol. The highest BCUT2D eigenvalue weighted by Crippen LogP contribution is 2.66. The quantitative estimate of drug-likeness (QED) is 0.0847. The molecular formula is C70H88Cl2F4N4O12P2S2. The first kappa shape index (κ1) is 72.3. The third-order valence-corrected chi connectivity index (χ3v) is 30.3. The number of rotatable bonds is 4. The van der Waals surface area contributed by atoms with Crippen LogP contribution in [-0.4, -0.2) is 138 Å². The molecule has 0 saturated heterocycles. The zero-order valence-corrected chi connectivity index (χ0v) is 60.4. The van der Waals surface area contributed by atoms with E-state index in [4.69, 9.17) is 32.7 Å². The minimum Gasteiger partial charge on any atom is -0.490 e. The van der Waals surface area contributed by atoms with Crippen LogP contribution in [-0.2, 0) is 52.8 Å². The van der Waals surface area contributed by atoms with Crippen molar-refractivity contribution >= 4 is 80.7 Å². The molecule has 12 atom stereocenters. The first-order valence-corrected chi connectivity index (χ1v) is 42.2. The standard InChI is InChI=1S/2C35H44ClF2N2O6PS/c2*1-22-7-5-16-34(42,35(37,38)47(3,4)43)29-12-9-26(29)19-40-20-33(15-6-8-24-17-27(36)11-13-28(24)33)21-46-31-14-10-25(18-30(31)40)32(41)39-48(44,45)23(22)2/h2*5,10-11,13-14,16-18,22-23,26,29,42H,6-9,12,15,19-21H2,1-4H3,(H,39,41)/b2*16-5+/t22-,23+,26-,29+,33-,34+;22-,23+,26-,29+,33-,34-/m00/s1. The monoisotopic (exact) mass is 1450 g/mol. The summed E-state index contributed by atoms with van der Waals surface area (Å²) in [5, 5.41) is 23.2. The predicted molar refractivity (Wildman–Crippen MR) is 369 cm³/mol. The number of hydrogen-bond donors (Lipinski definition) is 4. The van der Waals surface area contributed by atoms with E-state index in [9.17, 15) is 45.8 Å². The number of aliphatic hydroxyl groups is 2. The Hall–Kier alpha value is -4.92. The van der Waals surface area contributed by atoms with Crippen molar-refractivity contribution in [2.75, 3.05) is 75.9 Å². The van der Waals surface area contributed by atoms with Crippen molar-refractivity contribution < 1.29 is 72.8 Å². The minimum absolute atomic E-state index is 0.0397. The van der Waals surface area contributed by atoms with Crippen LogP contribution in [0.3, 0.4) is 0 Å². The van der Waals surface area contributed by atoms with Crippen molar-refractivity contribution in [3.05, 3.63) is 141 Å². The first-order valence-electron chi connectivity index (χ1n) is 33.2.